The highest BCUT2D eigenvalue weighted by Gasteiger charge is 1.94. The van der Waals surface area contributed by atoms with E-state index in [2.05, 4.69) is 0 Å². The minimum atomic E-state index is -0.836. The van der Waals surface area contributed by atoms with E-state index in [0.717, 1.165) is 19.3 Å². The largest absolute Gasteiger partial charge is 0.481 e. The molecule has 0 saturated heterocycles. The van der Waals surface area contributed by atoms with Gasteiger partial charge in [0.05, 0.1) is 6.42 Å². The fraction of sp³-hybridized carbons (Fsp3) is 0.769. The number of carboxylic acid groups (broad SMARTS) is 3. The van der Waals surface area contributed by atoms with E-state index in [1.807, 2.05) is 0 Å². The summed E-state index contributed by atoms with van der Waals surface area (Å²) in [6, 6.07) is 0. The fourth-order valence-corrected chi connectivity index (χ4v) is 0.974. The predicted molar refractivity (Wildman–Crippen MR) is 82.4 cm³/mol. The Morgan fingerprint density at radius 1 is 0.545 bits per heavy atom. The molecule has 0 saturated carbocycles. The van der Waals surface area contributed by atoms with E-state index >= 15 is 0 Å². The van der Waals surface area contributed by atoms with Crippen LogP contribution in [-0.4, -0.2) is 52.9 Å². The Morgan fingerprint density at radius 2 is 0.955 bits per heavy atom. The van der Waals surface area contributed by atoms with Crippen LogP contribution in [0.2, 0.25) is 0 Å². The highest BCUT2D eigenvalue weighted by Crippen LogP contribution is 1.97. The third-order valence-electron chi connectivity index (χ3n) is 2.05. The maximum atomic E-state index is 9.93. The van der Waals surface area contributed by atoms with E-state index < -0.39 is 17.9 Å². The summed E-state index contributed by atoms with van der Waals surface area (Å²) in [5.74, 6) is -2.32. The molecule has 0 radical (unpaired) electrons. The topological polar surface area (TPSA) is 190 Å². The predicted octanol–water partition coefficient (Wildman–Crippen LogP) is -0.180. The van der Waals surface area contributed by atoms with Crippen molar-refractivity contribution < 1.29 is 29.7 Å². The van der Waals surface area contributed by atoms with E-state index in [9.17, 15) is 14.4 Å². The minimum Gasteiger partial charge on any atom is -0.481 e. The van der Waals surface area contributed by atoms with Crippen LogP contribution in [0.1, 0.15) is 44.9 Å². The molecule has 0 aromatic rings. The zero-order chi connectivity index (χ0) is 17.8. The van der Waals surface area contributed by atoms with Gasteiger partial charge in [-0.3, -0.25) is 14.4 Å². The van der Waals surface area contributed by atoms with Gasteiger partial charge in [0.15, 0.2) is 0 Å². The van der Waals surface area contributed by atoms with E-state index in [-0.39, 0.29) is 25.8 Å². The molecule has 0 aliphatic rings. The first-order valence-electron chi connectivity index (χ1n) is 7.07. The SMILES string of the molecule is NCCC(=O)O.NCCCC(=O)O.NCCCCCC(=O)O. The molecule has 132 valence electrons. The van der Waals surface area contributed by atoms with Crippen LogP contribution < -0.4 is 17.2 Å². The van der Waals surface area contributed by atoms with Gasteiger partial charge in [-0.25, -0.2) is 0 Å². The zero-order valence-electron chi connectivity index (χ0n) is 12.9. The lowest BCUT2D eigenvalue weighted by atomic mass is 10.2. The quantitative estimate of drug-likeness (QED) is 0.296. The van der Waals surface area contributed by atoms with Crippen molar-refractivity contribution in [3.05, 3.63) is 0 Å². The van der Waals surface area contributed by atoms with Gasteiger partial charge in [-0.1, -0.05) is 6.42 Å². The molecule has 0 amide bonds. The molecule has 0 aromatic heterocycles. The van der Waals surface area contributed by atoms with Crippen molar-refractivity contribution in [2.24, 2.45) is 17.2 Å². The molecule has 22 heavy (non-hydrogen) atoms. The Labute approximate surface area is 130 Å². The number of rotatable bonds is 10. The van der Waals surface area contributed by atoms with Gasteiger partial charge in [0, 0.05) is 19.4 Å². The van der Waals surface area contributed by atoms with Crippen LogP contribution >= 0.6 is 0 Å². The van der Waals surface area contributed by atoms with E-state index in [4.69, 9.17) is 32.5 Å². The van der Waals surface area contributed by atoms with Gasteiger partial charge < -0.3 is 32.5 Å². The smallest absolute Gasteiger partial charge is 0.304 e. The molecule has 0 unspecified atom stereocenters. The number of aliphatic carboxylic acids is 3. The van der Waals surface area contributed by atoms with Crippen LogP contribution in [0.3, 0.4) is 0 Å². The summed E-state index contributed by atoms with van der Waals surface area (Å²) in [6.45, 7) is 1.36. The van der Waals surface area contributed by atoms with Crippen molar-refractivity contribution in [1.82, 2.24) is 0 Å². The van der Waals surface area contributed by atoms with Gasteiger partial charge in [-0.2, -0.15) is 0 Å². The zero-order valence-corrected chi connectivity index (χ0v) is 12.9. The molecule has 0 spiro atoms. The van der Waals surface area contributed by atoms with Crippen LogP contribution in [0.4, 0.5) is 0 Å². The molecule has 9 heteroatoms. The van der Waals surface area contributed by atoms with Gasteiger partial charge in [0.2, 0.25) is 0 Å². The molecule has 0 fully saturated rings. The lowest BCUT2D eigenvalue weighted by Crippen LogP contribution is -2.05. The van der Waals surface area contributed by atoms with Crippen molar-refractivity contribution in [3.63, 3.8) is 0 Å². The maximum Gasteiger partial charge on any atom is 0.304 e. The van der Waals surface area contributed by atoms with E-state index in [1.165, 1.54) is 0 Å². The van der Waals surface area contributed by atoms with Crippen LogP contribution in [0.25, 0.3) is 0 Å². The average Bonchev–Trinajstić information content (AvgIpc) is 2.42. The summed E-state index contributed by atoms with van der Waals surface area (Å²) in [4.78, 5) is 29.2. The van der Waals surface area contributed by atoms with Gasteiger partial charge in [-0.05, 0) is 32.4 Å². The monoisotopic (exact) mass is 323 g/mol. The van der Waals surface area contributed by atoms with E-state index in [1.54, 1.807) is 0 Å². The highest BCUT2D eigenvalue weighted by atomic mass is 16.4. The Hall–Kier alpha value is -1.71. The van der Waals surface area contributed by atoms with Gasteiger partial charge in [0.25, 0.3) is 0 Å². The van der Waals surface area contributed by atoms with Crippen LogP contribution in [0.15, 0.2) is 0 Å². The summed E-state index contributed by atoms with van der Waals surface area (Å²) >= 11 is 0. The minimum absolute atomic E-state index is 0.0694. The second kappa shape index (κ2) is 21.6. The lowest BCUT2D eigenvalue weighted by molar-refractivity contribution is -0.138. The van der Waals surface area contributed by atoms with Crippen LogP contribution in [0, 0.1) is 0 Å². The number of unbranched alkanes of at least 4 members (excludes halogenated alkanes) is 2. The average molecular weight is 323 g/mol. The second-order valence-corrected chi connectivity index (χ2v) is 4.21. The molecule has 9 N–H and O–H groups in total. The number of hydrogen-bond donors (Lipinski definition) is 6. The summed E-state index contributed by atoms with van der Waals surface area (Å²) in [5, 5.41) is 24.0. The van der Waals surface area contributed by atoms with Crippen molar-refractivity contribution in [3.8, 4) is 0 Å². The first-order chi connectivity index (χ1) is 10.3. The highest BCUT2D eigenvalue weighted by molar-refractivity contribution is 5.67. The molecule has 0 bridgehead atoms. The molecule has 0 aromatic carbocycles. The Morgan fingerprint density at radius 3 is 1.18 bits per heavy atom. The second-order valence-electron chi connectivity index (χ2n) is 4.21. The van der Waals surface area contributed by atoms with Crippen molar-refractivity contribution in [1.29, 1.82) is 0 Å². The maximum absolute atomic E-state index is 9.93. The first kappa shape index (κ1) is 25.3. The molecule has 0 atom stereocenters. The molecule has 9 nitrogen and oxygen atoms in total. The number of nitrogens with two attached hydrogens (primary N) is 3. The summed E-state index contributed by atoms with van der Waals surface area (Å²) in [6.07, 6.45) is 3.74. The normalized spacial score (nSPS) is 8.86. The third kappa shape index (κ3) is 42.9. The standard InChI is InChI=1S/C6H13NO2.C4H9NO2.C3H7NO2/c7-5-3-1-2-4-6(8)9;5-3-1-2-4(6)7;4-2-1-3(5)6/h1-5,7H2,(H,8,9);1-3,5H2,(H,6,7);1-2,4H2,(H,5,6). The van der Waals surface area contributed by atoms with Crippen molar-refractivity contribution in [2.75, 3.05) is 19.6 Å². The fourth-order valence-electron chi connectivity index (χ4n) is 0.974. The van der Waals surface area contributed by atoms with Crippen molar-refractivity contribution >= 4 is 17.9 Å². The summed E-state index contributed by atoms with van der Waals surface area (Å²) in [5.41, 5.74) is 15.1. The third-order valence-corrected chi connectivity index (χ3v) is 2.05. The van der Waals surface area contributed by atoms with Gasteiger partial charge in [0.1, 0.15) is 0 Å². The molecule has 0 heterocycles. The summed E-state index contributed by atoms with van der Waals surface area (Å²) < 4.78 is 0. The van der Waals surface area contributed by atoms with E-state index in [0.29, 0.717) is 19.5 Å². The molecular formula is C13H29N3O6. The summed E-state index contributed by atoms with van der Waals surface area (Å²) in [7, 11) is 0. The molecule has 0 rings (SSSR count). The lowest BCUT2D eigenvalue weighted by Gasteiger charge is -1.93. The number of carboxylic acids is 3. The Balaban J connectivity index is -0.000000252. The van der Waals surface area contributed by atoms with Crippen molar-refractivity contribution in [2.45, 2.75) is 44.9 Å². The molecule has 0 aliphatic carbocycles. The number of carbonyl (C=O) groups is 3. The Bertz CT molecular complexity index is 287. The van der Waals surface area contributed by atoms with Gasteiger partial charge in [-0.15, -0.1) is 0 Å². The Kier molecular flexibility index (Phi) is 24.8. The van der Waals surface area contributed by atoms with Crippen LogP contribution in [-0.2, 0) is 14.4 Å². The molecular weight excluding hydrogens is 294 g/mol. The van der Waals surface area contributed by atoms with Gasteiger partial charge >= 0.3 is 17.9 Å². The first-order valence-corrected chi connectivity index (χ1v) is 7.07. The molecule has 0 aliphatic heterocycles. The number of hydrogen-bond acceptors (Lipinski definition) is 6. The van der Waals surface area contributed by atoms with Crippen LogP contribution in [0.5, 0.6) is 0 Å².